The zero-order valence-corrected chi connectivity index (χ0v) is 27.6. The van der Waals surface area contributed by atoms with Crippen molar-refractivity contribution in [3.8, 4) is 0 Å². The van der Waals surface area contributed by atoms with E-state index in [0.29, 0.717) is 11.8 Å². The molecule has 2 fully saturated rings. The van der Waals surface area contributed by atoms with Gasteiger partial charge in [0.25, 0.3) is 0 Å². The largest absolute Gasteiger partial charge is 0.410 e. The molecule has 0 bridgehead atoms. The van der Waals surface area contributed by atoms with Gasteiger partial charge >= 0.3 is 0 Å². The Balaban J connectivity index is 1.78. The molecule has 0 aliphatic heterocycles. The van der Waals surface area contributed by atoms with Gasteiger partial charge in [-0.15, -0.1) is 0 Å². The van der Waals surface area contributed by atoms with Crippen LogP contribution >= 0.6 is 0 Å². The molecule has 1 heterocycles. The summed E-state index contributed by atoms with van der Waals surface area (Å²) in [6.45, 7) is 18.6. The zero-order valence-electron chi connectivity index (χ0n) is 26.6. The van der Waals surface area contributed by atoms with E-state index in [2.05, 4.69) is 66.8 Å². The first-order valence-electron chi connectivity index (χ1n) is 16.1. The Bertz CT molecular complexity index is 1220. The van der Waals surface area contributed by atoms with Crippen LogP contribution in [0.1, 0.15) is 161 Å². The minimum Gasteiger partial charge on any atom is -0.410 e. The molecule has 2 saturated carbocycles. The second-order valence-electron chi connectivity index (χ2n) is 15.6. The molecule has 218 valence electrons. The summed E-state index contributed by atoms with van der Waals surface area (Å²) in [6, 6.07) is 8.24. The minimum absolute atomic E-state index is 0.00580. The Labute approximate surface area is 245 Å². The maximum Gasteiger partial charge on any atom is 0.195 e. The van der Waals surface area contributed by atoms with Gasteiger partial charge in [0.15, 0.2) is 14.1 Å². The number of hydrogen-bond acceptors (Lipinski definition) is 3. The summed E-state index contributed by atoms with van der Waals surface area (Å²) >= 11 is 0. The number of ketones is 1. The minimum atomic E-state index is -2.06. The number of carbonyl (C=O) groups excluding carboxylic acids is 1. The summed E-state index contributed by atoms with van der Waals surface area (Å²) in [5, 5.41) is 0.123. The van der Waals surface area contributed by atoms with Crippen molar-refractivity contribution in [1.29, 1.82) is 0 Å². The third-order valence-electron chi connectivity index (χ3n) is 10.6. The lowest BCUT2D eigenvalue weighted by molar-refractivity contribution is 0.101. The fourth-order valence-corrected chi connectivity index (χ4v) is 8.61. The molecule has 3 nitrogen and oxygen atoms in total. The van der Waals surface area contributed by atoms with Crippen molar-refractivity contribution in [3.05, 3.63) is 63.5 Å². The summed E-state index contributed by atoms with van der Waals surface area (Å²) in [4.78, 5) is 20.3. The van der Waals surface area contributed by atoms with Crippen molar-refractivity contribution in [2.24, 2.45) is 5.41 Å². The molecule has 1 aromatic carbocycles. The topological polar surface area (TPSA) is 39.2 Å². The van der Waals surface area contributed by atoms with Crippen LogP contribution in [-0.4, -0.2) is 19.1 Å². The van der Waals surface area contributed by atoms with Crippen LogP contribution in [0.25, 0.3) is 0 Å². The van der Waals surface area contributed by atoms with Gasteiger partial charge in [0.05, 0.1) is 11.8 Å². The molecule has 0 N–H and O–H groups in total. The van der Waals surface area contributed by atoms with Gasteiger partial charge in [-0.3, -0.25) is 9.78 Å². The van der Waals surface area contributed by atoms with Crippen molar-refractivity contribution in [2.45, 2.75) is 148 Å². The van der Waals surface area contributed by atoms with E-state index in [9.17, 15) is 4.79 Å². The molecular formula is C36H53NO2Si. The van der Waals surface area contributed by atoms with Gasteiger partial charge in [0.2, 0.25) is 0 Å². The SMILES string of the molecule is Cc1ccc(C(=O)c2c(C3CCCC3)nc3c(c2C2CCCCC2)[C@@H](O[Si](C)(C)C(C)(C)C)CC(C)(C)C3)cc1. The van der Waals surface area contributed by atoms with E-state index in [1.165, 1.54) is 67.3 Å². The standard InChI is InChI=1S/C36H53NO2Si/c1-24-18-20-27(21-19-24)34(38)32-30(25-14-10-9-11-15-25)31-28(37-33(32)26-16-12-13-17-26)22-36(5,6)23-29(31)39-40(7,8)35(2,3)4/h18-21,25-26,29H,9-17,22-23H2,1-8H3/t29-/m0/s1. The quantitative estimate of drug-likeness (QED) is 0.261. The van der Waals surface area contributed by atoms with E-state index < -0.39 is 8.32 Å². The number of pyridine rings is 1. The van der Waals surface area contributed by atoms with Crippen LogP contribution in [0.4, 0.5) is 0 Å². The molecule has 0 saturated heterocycles. The van der Waals surface area contributed by atoms with Crippen LogP contribution in [-0.2, 0) is 10.8 Å². The van der Waals surface area contributed by atoms with E-state index in [0.717, 1.165) is 42.5 Å². The first kappa shape index (κ1) is 29.7. The van der Waals surface area contributed by atoms with Gasteiger partial charge in [0.1, 0.15) is 0 Å². The van der Waals surface area contributed by atoms with Crippen molar-refractivity contribution < 1.29 is 9.22 Å². The van der Waals surface area contributed by atoms with Crippen molar-refractivity contribution in [2.75, 3.05) is 0 Å². The maximum atomic E-state index is 14.7. The van der Waals surface area contributed by atoms with E-state index >= 15 is 0 Å². The predicted octanol–water partition coefficient (Wildman–Crippen LogP) is 10.4. The Morgan fingerprint density at radius 2 is 1.48 bits per heavy atom. The Hall–Kier alpha value is -1.78. The number of rotatable bonds is 6. The van der Waals surface area contributed by atoms with Gasteiger partial charge < -0.3 is 4.43 Å². The highest BCUT2D eigenvalue weighted by Gasteiger charge is 2.46. The third-order valence-corrected chi connectivity index (χ3v) is 15.1. The maximum absolute atomic E-state index is 14.7. The highest BCUT2D eigenvalue weighted by atomic mass is 28.4. The normalized spacial score (nSPS) is 22.4. The van der Waals surface area contributed by atoms with Crippen LogP contribution in [0.3, 0.4) is 0 Å². The molecule has 1 atom stereocenters. The van der Waals surface area contributed by atoms with E-state index in [4.69, 9.17) is 9.41 Å². The number of hydrogen-bond donors (Lipinski definition) is 0. The van der Waals surface area contributed by atoms with E-state index in [1.807, 2.05) is 12.1 Å². The summed E-state index contributed by atoms with van der Waals surface area (Å²) in [6.07, 6.45) is 12.9. The Morgan fingerprint density at radius 1 is 0.900 bits per heavy atom. The molecule has 0 radical (unpaired) electrons. The molecule has 0 amide bonds. The molecule has 3 aliphatic rings. The lowest BCUT2D eigenvalue weighted by atomic mass is 9.69. The number of fused-ring (bicyclic) bond motifs is 1. The molecule has 3 aliphatic carbocycles. The van der Waals surface area contributed by atoms with Crippen LogP contribution in [0.5, 0.6) is 0 Å². The molecule has 1 aromatic heterocycles. The fourth-order valence-electron chi connectivity index (χ4n) is 7.34. The molecule has 0 spiro atoms. The van der Waals surface area contributed by atoms with Gasteiger partial charge in [0, 0.05) is 28.3 Å². The number of aryl methyl sites for hydroxylation is 1. The fraction of sp³-hybridized carbons (Fsp3) is 0.667. The third kappa shape index (κ3) is 5.90. The lowest BCUT2D eigenvalue weighted by Gasteiger charge is -2.46. The molecule has 2 aromatic rings. The number of aromatic nitrogens is 1. The van der Waals surface area contributed by atoms with Crippen molar-refractivity contribution in [3.63, 3.8) is 0 Å². The van der Waals surface area contributed by atoms with E-state index in [1.54, 1.807) is 0 Å². The molecule has 0 unspecified atom stereocenters. The summed E-state index contributed by atoms with van der Waals surface area (Å²) in [5.41, 5.74) is 8.09. The first-order valence-corrected chi connectivity index (χ1v) is 19.0. The van der Waals surface area contributed by atoms with Gasteiger partial charge in [-0.05, 0) is 80.5 Å². The van der Waals surface area contributed by atoms with Crippen LogP contribution in [0.15, 0.2) is 24.3 Å². The summed E-state index contributed by atoms with van der Waals surface area (Å²) in [5.74, 6) is 0.998. The summed E-state index contributed by atoms with van der Waals surface area (Å²) < 4.78 is 7.35. The predicted molar refractivity (Wildman–Crippen MR) is 169 cm³/mol. The number of benzene rings is 1. The molecule has 4 heteroatoms. The van der Waals surface area contributed by atoms with E-state index in [-0.39, 0.29) is 22.3 Å². The Morgan fingerprint density at radius 3 is 2.08 bits per heavy atom. The van der Waals surface area contributed by atoms with Gasteiger partial charge in [-0.25, -0.2) is 0 Å². The van der Waals surface area contributed by atoms with Gasteiger partial charge in [-0.1, -0.05) is 96.6 Å². The molecule has 40 heavy (non-hydrogen) atoms. The highest BCUT2D eigenvalue weighted by molar-refractivity contribution is 6.74. The average Bonchev–Trinajstić information content (AvgIpc) is 3.41. The molecular weight excluding hydrogens is 506 g/mol. The second-order valence-corrected chi connectivity index (χ2v) is 20.3. The highest BCUT2D eigenvalue weighted by Crippen LogP contribution is 2.52. The lowest BCUT2D eigenvalue weighted by Crippen LogP contribution is -2.44. The van der Waals surface area contributed by atoms with Crippen LogP contribution in [0, 0.1) is 12.3 Å². The Kier molecular flexibility index (Phi) is 8.27. The van der Waals surface area contributed by atoms with Gasteiger partial charge in [-0.2, -0.15) is 0 Å². The van der Waals surface area contributed by atoms with Crippen LogP contribution in [0.2, 0.25) is 18.1 Å². The number of carbonyl (C=O) groups is 1. The monoisotopic (exact) mass is 559 g/mol. The summed E-state index contributed by atoms with van der Waals surface area (Å²) in [7, 11) is -2.06. The second kappa shape index (κ2) is 11.1. The zero-order chi connectivity index (χ0) is 28.9. The average molecular weight is 560 g/mol. The number of nitrogens with zero attached hydrogens (tertiary/aromatic N) is 1. The smallest absolute Gasteiger partial charge is 0.195 e. The van der Waals surface area contributed by atoms with Crippen LogP contribution < -0.4 is 0 Å². The molecule has 5 rings (SSSR count). The van der Waals surface area contributed by atoms with Crippen molar-refractivity contribution >= 4 is 14.1 Å². The van der Waals surface area contributed by atoms with Crippen molar-refractivity contribution in [1.82, 2.24) is 4.98 Å². The first-order chi connectivity index (χ1) is 18.8.